The number of halogens is 4. The summed E-state index contributed by atoms with van der Waals surface area (Å²) in [6, 6.07) is 5.47. The molecule has 6 rings (SSSR count). The molecule has 1 aromatic rings. The Morgan fingerprint density at radius 2 is 1.85 bits per heavy atom. The molecule has 3 heterocycles. The molecule has 2 saturated heterocycles. The molecular formula is C27H29ClF3N5O4S. The molecule has 4 fully saturated rings. The number of carbonyl (C=O) groups excluding carboxylic acids is 2. The third-order valence-corrected chi connectivity index (χ3v) is 11.7. The Morgan fingerprint density at radius 3 is 2.46 bits per heavy atom. The monoisotopic (exact) mass is 611 g/mol. The molecule has 2 unspecified atom stereocenters. The average molecular weight is 612 g/mol. The summed E-state index contributed by atoms with van der Waals surface area (Å²) in [5.74, 6) is -2.12. The standard InChI is InChI=1S/C27H29ClF3N5O4S/c28-20-12-17(35-11-10-34-9-1-2-18(34)14-35)3-4-22(20)41(39,40)19-13-21(23(37)33-25(16-32)5-6-25)36(15-19)24(38)26(7-8-26)27(29,30)31/h1,3-4,9,12,18-19,21H,2,5-8,10-11,13-15H2,(H,33,37)/t18-,19?,21?/m0/s1. The van der Waals surface area contributed by atoms with E-state index in [0.29, 0.717) is 18.9 Å². The maximum absolute atomic E-state index is 13.8. The van der Waals surface area contributed by atoms with Crippen LogP contribution in [0, 0.1) is 16.7 Å². The minimum absolute atomic E-state index is 0.0318. The molecule has 0 radical (unpaired) electrons. The van der Waals surface area contributed by atoms with Crippen molar-refractivity contribution in [2.45, 2.75) is 72.5 Å². The lowest BCUT2D eigenvalue weighted by molar-refractivity contribution is -0.199. The number of nitrogens with zero attached hydrogens (tertiary/aromatic N) is 4. The normalized spacial score (nSPS) is 27.8. The molecule has 0 aromatic heterocycles. The molecule has 0 bridgehead atoms. The van der Waals surface area contributed by atoms with Gasteiger partial charge in [-0.2, -0.15) is 18.4 Å². The number of nitrogens with one attached hydrogen (secondary N) is 1. The van der Waals surface area contributed by atoms with Crippen molar-refractivity contribution in [3.8, 4) is 6.07 Å². The fourth-order valence-corrected chi connectivity index (χ4v) is 8.42. The zero-order chi connectivity index (χ0) is 29.4. The first kappa shape index (κ1) is 28.2. The number of amides is 2. The second kappa shape index (κ2) is 9.52. The van der Waals surface area contributed by atoms with E-state index >= 15 is 0 Å². The zero-order valence-electron chi connectivity index (χ0n) is 22.0. The third-order valence-electron chi connectivity index (χ3n) is 9.11. The second-order valence-corrected chi connectivity index (χ2v) is 14.3. The number of nitriles is 1. The van der Waals surface area contributed by atoms with Crippen LogP contribution in [0.25, 0.3) is 0 Å². The summed E-state index contributed by atoms with van der Waals surface area (Å²) in [7, 11) is -4.25. The minimum Gasteiger partial charge on any atom is -0.371 e. The average Bonchev–Trinajstić information content (AvgIpc) is 3.80. The molecule has 14 heteroatoms. The summed E-state index contributed by atoms with van der Waals surface area (Å²) in [4.78, 5) is 31.4. The molecule has 3 aliphatic heterocycles. The number of likely N-dealkylation sites (tertiary alicyclic amines) is 1. The number of alkyl halides is 3. The van der Waals surface area contributed by atoms with E-state index in [-0.39, 0.29) is 9.92 Å². The summed E-state index contributed by atoms with van der Waals surface area (Å²) in [5.41, 5.74) is -2.99. The number of carbonyl (C=O) groups is 2. The van der Waals surface area contributed by atoms with Gasteiger partial charge in [0.25, 0.3) is 0 Å². The van der Waals surface area contributed by atoms with Crippen LogP contribution in [0.2, 0.25) is 5.02 Å². The van der Waals surface area contributed by atoms with Crippen LogP contribution in [0.1, 0.15) is 38.5 Å². The van der Waals surface area contributed by atoms with Gasteiger partial charge in [0.2, 0.25) is 11.8 Å². The Bertz CT molecular complexity index is 1470. The highest BCUT2D eigenvalue weighted by Crippen LogP contribution is 2.59. The Labute approximate surface area is 240 Å². The van der Waals surface area contributed by atoms with Crippen LogP contribution < -0.4 is 10.2 Å². The van der Waals surface area contributed by atoms with Crippen molar-refractivity contribution in [3.63, 3.8) is 0 Å². The molecule has 2 amide bonds. The van der Waals surface area contributed by atoms with Gasteiger partial charge < -0.3 is 20.0 Å². The van der Waals surface area contributed by atoms with Crippen molar-refractivity contribution >= 4 is 38.9 Å². The molecule has 1 aromatic carbocycles. The van der Waals surface area contributed by atoms with Crippen molar-refractivity contribution in [3.05, 3.63) is 35.5 Å². The first-order valence-electron chi connectivity index (χ1n) is 13.6. The lowest BCUT2D eigenvalue weighted by Crippen LogP contribution is -2.53. The van der Waals surface area contributed by atoms with Gasteiger partial charge in [-0.25, -0.2) is 8.42 Å². The van der Waals surface area contributed by atoms with Gasteiger partial charge >= 0.3 is 6.18 Å². The topological polar surface area (TPSA) is 114 Å². The number of hydrogen-bond acceptors (Lipinski definition) is 7. The molecule has 3 atom stereocenters. The number of hydrogen-bond donors (Lipinski definition) is 1. The minimum atomic E-state index is -4.83. The van der Waals surface area contributed by atoms with Crippen LogP contribution in [0.15, 0.2) is 35.4 Å². The number of benzene rings is 1. The molecule has 2 aliphatic carbocycles. The van der Waals surface area contributed by atoms with E-state index in [1.54, 1.807) is 12.1 Å². The molecule has 2 saturated carbocycles. The SMILES string of the molecule is N#CC1(NC(=O)C2CC(S(=O)(=O)c3ccc(N4CCN5C=CC[C@H]5C4)cc3Cl)CN2C(=O)C2(C(F)(F)F)CC2)CC1. The number of rotatable bonds is 6. The Kier molecular flexibility index (Phi) is 6.54. The van der Waals surface area contributed by atoms with Gasteiger partial charge in [-0.3, -0.25) is 9.59 Å². The predicted molar refractivity (Wildman–Crippen MR) is 142 cm³/mol. The maximum atomic E-state index is 13.8. The van der Waals surface area contributed by atoms with Gasteiger partial charge in [-0.1, -0.05) is 17.7 Å². The summed E-state index contributed by atoms with van der Waals surface area (Å²) in [5, 5.41) is 10.5. The first-order chi connectivity index (χ1) is 19.3. The fourth-order valence-electron chi connectivity index (χ4n) is 6.18. The summed E-state index contributed by atoms with van der Waals surface area (Å²) < 4.78 is 69.1. The van der Waals surface area contributed by atoms with Crippen LogP contribution in [0.3, 0.4) is 0 Å². The van der Waals surface area contributed by atoms with Gasteiger partial charge in [0, 0.05) is 37.9 Å². The van der Waals surface area contributed by atoms with E-state index < -0.39 is 75.9 Å². The van der Waals surface area contributed by atoms with E-state index in [2.05, 4.69) is 27.4 Å². The molecule has 9 nitrogen and oxygen atoms in total. The Balaban J connectivity index is 1.25. The highest BCUT2D eigenvalue weighted by atomic mass is 35.5. The number of fused-ring (bicyclic) bond motifs is 1. The van der Waals surface area contributed by atoms with Gasteiger partial charge in [0.15, 0.2) is 9.84 Å². The summed E-state index contributed by atoms with van der Waals surface area (Å²) >= 11 is 6.50. The van der Waals surface area contributed by atoms with Crippen LogP contribution in [-0.2, 0) is 19.4 Å². The molecular weight excluding hydrogens is 583 g/mol. The van der Waals surface area contributed by atoms with E-state index in [1.807, 2.05) is 6.07 Å². The first-order valence-corrected chi connectivity index (χ1v) is 15.5. The lowest BCUT2D eigenvalue weighted by Gasteiger charge is -2.39. The van der Waals surface area contributed by atoms with Crippen molar-refractivity contribution in [2.24, 2.45) is 5.41 Å². The number of anilines is 1. The second-order valence-electron chi connectivity index (χ2n) is 11.7. The number of sulfone groups is 1. The van der Waals surface area contributed by atoms with Gasteiger partial charge in [-0.15, -0.1) is 0 Å². The fraction of sp³-hybridized carbons (Fsp3) is 0.593. The predicted octanol–water partition coefficient (Wildman–Crippen LogP) is 3.01. The zero-order valence-corrected chi connectivity index (χ0v) is 23.6. The third kappa shape index (κ3) is 4.73. The summed E-state index contributed by atoms with van der Waals surface area (Å²) in [6.07, 6.45) is -0.195. The van der Waals surface area contributed by atoms with E-state index in [4.69, 9.17) is 11.6 Å². The largest absolute Gasteiger partial charge is 0.403 e. The van der Waals surface area contributed by atoms with Crippen LogP contribution in [-0.4, -0.2) is 85.3 Å². The quantitative estimate of drug-likeness (QED) is 0.526. The molecule has 5 aliphatic rings. The van der Waals surface area contributed by atoms with Crippen LogP contribution in [0.5, 0.6) is 0 Å². The Morgan fingerprint density at radius 1 is 1.12 bits per heavy atom. The number of piperazine rings is 1. The van der Waals surface area contributed by atoms with Crippen molar-refractivity contribution in [1.82, 2.24) is 15.1 Å². The van der Waals surface area contributed by atoms with Crippen LogP contribution in [0.4, 0.5) is 18.9 Å². The molecule has 41 heavy (non-hydrogen) atoms. The Hall–Kier alpha value is -2.98. The molecule has 1 N–H and O–H groups in total. The van der Waals surface area contributed by atoms with Crippen molar-refractivity contribution in [1.29, 1.82) is 5.26 Å². The maximum Gasteiger partial charge on any atom is 0.403 e. The van der Waals surface area contributed by atoms with E-state index in [0.717, 1.165) is 36.6 Å². The van der Waals surface area contributed by atoms with E-state index in [1.165, 1.54) is 6.07 Å². The van der Waals surface area contributed by atoms with Gasteiger partial charge in [-0.05, 0) is 62.9 Å². The highest BCUT2D eigenvalue weighted by molar-refractivity contribution is 7.92. The van der Waals surface area contributed by atoms with Crippen LogP contribution >= 0.6 is 11.6 Å². The molecule has 220 valence electrons. The molecule has 0 spiro atoms. The van der Waals surface area contributed by atoms with Crippen molar-refractivity contribution in [2.75, 3.05) is 31.1 Å². The van der Waals surface area contributed by atoms with Crippen molar-refractivity contribution < 1.29 is 31.2 Å². The highest BCUT2D eigenvalue weighted by Gasteiger charge is 2.70. The van der Waals surface area contributed by atoms with Gasteiger partial charge in [0.1, 0.15) is 17.0 Å². The van der Waals surface area contributed by atoms with E-state index in [9.17, 15) is 36.4 Å². The lowest BCUT2D eigenvalue weighted by atomic mass is 10.0. The summed E-state index contributed by atoms with van der Waals surface area (Å²) in [6.45, 7) is 1.72. The van der Waals surface area contributed by atoms with Gasteiger partial charge in [0.05, 0.1) is 21.2 Å². The smallest absolute Gasteiger partial charge is 0.371 e.